The van der Waals surface area contributed by atoms with Crippen LogP contribution in [0.5, 0.6) is 11.5 Å². The van der Waals surface area contributed by atoms with Crippen molar-refractivity contribution in [2.75, 3.05) is 13.7 Å². The summed E-state index contributed by atoms with van der Waals surface area (Å²) in [5.74, 6) is 2.18. The molecule has 0 bridgehead atoms. The SMILES string of the molecule is CCCOc1c(OC)cccc1C(C)C. The smallest absolute Gasteiger partial charge is 0.164 e. The Hall–Kier alpha value is -1.18. The Morgan fingerprint density at radius 1 is 1.27 bits per heavy atom. The van der Waals surface area contributed by atoms with Crippen molar-refractivity contribution >= 4 is 0 Å². The zero-order valence-corrected chi connectivity index (χ0v) is 10.0. The van der Waals surface area contributed by atoms with Gasteiger partial charge in [-0.05, 0) is 18.4 Å². The van der Waals surface area contributed by atoms with Gasteiger partial charge in [0.25, 0.3) is 0 Å². The van der Waals surface area contributed by atoms with Gasteiger partial charge < -0.3 is 9.47 Å². The molecule has 15 heavy (non-hydrogen) atoms. The minimum Gasteiger partial charge on any atom is -0.493 e. The van der Waals surface area contributed by atoms with E-state index in [9.17, 15) is 0 Å². The zero-order chi connectivity index (χ0) is 11.3. The number of hydrogen-bond acceptors (Lipinski definition) is 2. The standard InChI is InChI=1S/C13H20O2/c1-5-9-15-13-11(10(2)3)7-6-8-12(13)14-4/h6-8,10H,5,9H2,1-4H3. The second-order valence-electron chi connectivity index (χ2n) is 3.88. The summed E-state index contributed by atoms with van der Waals surface area (Å²) in [6, 6.07) is 6.04. The average molecular weight is 208 g/mol. The van der Waals surface area contributed by atoms with Gasteiger partial charge in [0.15, 0.2) is 11.5 Å². The van der Waals surface area contributed by atoms with E-state index in [-0.39, 0.29) is 0 Å². The molecule has 0 fully saturated rings. The van der Waals surface area contributed by atoms with Crippen molar-refractivity contribution in [2.45, 2.75) is 33.1 Å². The van der Waals surface area contributed by atoms with Crippen LogP contribution in [0, 0.1) is 0 Å². The molecule has 1 aromatic carbocycles. The maximum absolute atomic E-state index is 5.74. The highest BCUT2D eigenvalue weighted by Gasteiger charge is 2.12. The predicted octanol–water partition coefficient (Wildman–Crippen LogP) is 3.61. The fourth-order valence-corrected chi connectivity index (χ4v) is 1.51. The van der Waals surface area contributed by atoms with E-state index in [2.05, 4.69) is 26.8 Å². The van der Waals surface area contributed by atoms with Crippen LogP contribution in [0.3, 0.4) is 0 Å². The fourth-order valence-electron chi connectivity index (χ4n) is 1.51. The normalized spacial score (nSPS) is 10.5. The van der Waals surface area contributed by atoms with Crippen molar-refractivity contribution in [3.8, 4) is 11.5 Å². The van der Waals surface area contributed by atoms with Crippen molar-refractivity contribution in [1.29, 1.82) is 0 Å². The van der Waals surface area contributed by atoms with Crippen LogP contribution >= 0.6 is 0 Å². The van der Waals surface area contributed by atoms with E-state index in [1.165, 1.54) is 5.56 Å². The first-order valence-electron chi connectivity index (χ1n) is 5.50. The Morgan fingerprint density at radius 2 is 2.00 bits per heavy atom. The summed E-state index contributed by atoms with van der Waals surface area (Å²) in [4.78, 5) is 0. The second-order valence-corrected chi connectivity index (χ2v) is 3.88. The summed E-state index contributed by atoms with van der Waals surface area (Å²) >= 11 is 0. The maximum atomic E-state index is 5.74. The number of rotatable bonds is 5. The summed E-state index contributed by atoms with van der Waals surface area (Å²) in [6.45, 7) is 7.16. The van der Waals surface area contributed by atoms with Gasteiger partial charge in [-0.25, -0.2) is 0 Å². The molecule has 0 saturated carbocycles. The predicted molar refractivity (Wildman–Crippen MR) is 62.9 cm³/mol. The lowest BCUT2D eigenvalue weighted by Crippen LogP contribution is -2.02. The first kappa shape index (κ1) is 11.9. The molecular formula is C13H20O2. The van der Waals surface area contributed by atoms with Gasteiger partial charge >= 0.3 is 0 Å². The van der Waals surface area contributed by atoms with E-state index in [1.54, 1.807) is 7.11 Å². The zero-order valence-electron chi connectivity index (χ0n) is 10.0. The van der Waals surface area contributed by atoms with Crippen LogP contribution in [0.2, 0.25) is 0 Å². The molecule has 1 aromatic rings. The van der Waals surface area contributed by atoms with E-state index in [0.29, 0.717) is 5.92 Å². The van der Waals surface area contributed by atoms with Gasteiger partial charge in [0.05, 0.1) is 13.7 Å². The van der Waals surface area contributed by atoms with Crippen LogP contribution < -0.4 is 9.47 Å². The molecule has 1 rings (SSSR count). The van der Waals surface area contributed by atoms with Gasteiger partial charge in [-0.2, -0.15) is 0 Å². The summed E-state index contributed by atoms with van der Waals surface area (Å²) in [5.41, 5.74) is 1.21. The highest BCUT2D eigenvalue weighted by atomic mass is 16.5. The summed E-state index contributed by atoms with van der Waals surface area (Å²) in [7, 11) is 1.68. The number of para-hydroxylation sites is 1. The number of benzene rings is 1. The highest BCUT2D eigenvalue weighted by molar-refractivity contribution is 5.47. The monoisotopic (exact) mass is 208 g/mol. The molecule has 0 aliphatic carbocycles. The molecule has 2 nitrogen and oxygen atoms in total. The molecule has 0 radical (unpaired) electrons. The van der Waals surface area contributed by atoms with Crippen molar-refractivity contribution in [3.63, 3.8) is 0 Å². The highest BCUT2D eigenvalue weighted by Crippen LogP contribution is 2.35. The van der Waals surface area contributed by atoms with Crippen molar-refractivity contribution in [3.05, 3.63) is 23.8 Å². The van der Waals surface area contributed by atoms with Gasteiger partial charge in [-0.15, -0.1) is 0 Å². The molecule has 0 aliphatic heterocycles. The minimum atomic E-state index is 0.451. The van der Waals surface area contributed by atoms with Gasteiger partial charge in [-0.1, -0.05) is 32.9 Å². The van der Waals surface area contributed by atoms with Gasteiger partial charge in [0, 0.05) is 5.56 Å². The summed E-state index contributed by atoms with van der Waals surface area (Å²) < 4.78 is 11.1. The third-order valence-electron chi connectivity index (χ3n) is 2.30. The molecule has 2 heteroatoms. The number of hydrogen-bond donors (Lipinski definition) is 0. The van der Waals surface area contributed by atoms with Crippen LogP contribution in [0.15, 0.2) is 18.2 Å². The van der Waals surface area contributed by atoms with E-state index < -0.39 is 0 Å². The minimum absolute atomic E-state index is 0.451. The molecule has 0 spiro atoms. The van der Waals surface area contributed by atoms with Crippen LogP contribution in [0.4, 0.5) is 0 Å². The second kappa shape index (κ2) is 5.64. The largest absolute Gasteiger partial charge is 0.493 e. The van der Waals surface area contributed by atoms with Crippen LogP contribution in [-0.2, 0) is 0 Å². The Labute approximate surface area is 92.2 Å². The average Bonchev–Trinajstić information content (AvgIpc) is 2.25. The molecular weight excluding hydrogens is 188 g/mol. The van der Waals surface area contributed by atoms with Gasteiger partial charge in [0.1, 0.15) is 0 Å². The van der Waals surface area contributed by atoms with Gasteiger partial charge in [0.2, 0.25) is 0 Å². The maximum Gasteiger partial charge on any atom is 0.164 e. The van der Waals surface area contributed by atoms with Gasteiger partial charge in [-0.3, -0.25) is 0 Å². The van der Waals surface area contributed by atoms with E-state index in [4.69, 9.17) is 9.47 Å². The molecule has 84 valence electrons. The van der Waals surface area contributed by atoms with Crippen molar-refractivity contribution in [2.24, 2.45) is 0 Å². The molecule has 0 unspecified atom stereocenters. The van der Waals surface area contributed by atoms with Crippen molar-refractivity contribution in [1.82, 2.24) is 0 Å². The first-order chi connectivity index (χ1) is 7.20. The summed E-state index contributed by atoms with van der Waals surface area (Å²) in [6.07, 6.45) is 1.01. The van der Waals surface area contributed by atoms with E-state index in [1.807, 2.05) is 12.1 Å². The fraction of sp³-hybridized carbons (Fsp3) is 0.538. The molecule has 0 aliphatic rings. The number of ether oxygens (including phenoxy) is 2. The quantitative estimate of drug-likeness (QED) is 0.736. The first-order valence-corrected chi connectivity index (χ1v) is 5.50. The lowest BCUT2D eigenvalue weighted by atomic mass is 10.0. The van der Waals surface area contributed by atoms with Crippen molar-refractivity contribution < 1.29 is 9.47 Å². The molecule has 0 saturated heterocycles. The molecule has 0 aromatic heterocycles. The third-order valence-corrected chi connectivity index (χ3v) is 2.30. The molecule has 0 amide bonds. The Bertz CT molecular complexity index is 305. The topological polar surface area (TPSA) is 18.5 Å². The summed E-state index contributed by atoms with van der Waals surface area (Å²) in [5, 5.41) is 0. The van der Waals surface area contributed by atoms with E-state index in [0.717, 1.165) is 24.5 Å². The Morgan fingerprint density at radius 3 is 2.53 bits per heavy atom. The molecule has 0 heterocycles. The Balaban J connectivity index is 3.03. The molecule has 0 atom stereocenters. The third kappa shape index (κ3) is 2.88. The Kier molecular flexibility index (Phi) is 4.47. The lowest BCUT2D eigenvalue weighted by Gasteiger charge is -2.16. The van der Waals surface area contributed by atoms with E-state index >= 15 is 0 Å². The number of methoxy groups -OCH3 is 1. The molecule has 0 N–H and O–H groups in total. The lowest BCUT2D eigenvalue weighted by molar-refractivity contribution is 0.290. The van der Waals surface area contributed by atoms with Crippen LogP contribution in [-0.4, -0.2) is 13.7 Å². The van der Waals surface area contributed by atoms with Crippen LogP contribution in [0.25, 0.3) is 0 Å². The van der Waals surface area contributed by atoms with Crippen LogP contribution in [0.1, 0.15) is 38.7 Å².